The van der Waals surface area contributed by atoms with Gasteiger partial charge in [0.15, 0.2) is 0 Å². The van der Waals surface area contributed by atoms with E-state index in [0.717, 1.165) is 23.5 Å². The summed E-state index contributed by atoms with van der Waals surface area (Å²) in [4.78, 5) is 2.49. The molecule has 1 fully saturated rings. The second kappa shape index (κ2) is 6.59. The molecule has 2 N–H and O–H groups in total. The molecule has 1 aliphatic carbocycles. The van der Waals surface area contributed by atoms with Gasteiger partial charge in [0.05, 0.1) is 0 Å². The molecule has 0 spiro atoms. The van der Waals surface area contributed by atoms with E-state index in [1.165, 1.54) is 24.8 Å². The van der Waals surface area contributed by atoms with Gasteiger partial charge in [0.25, 0.3) is 0 Å². The van der Waals surface area contributed by atoms with Gasteiger partial charge in [0.2, 0.25) is 0 Å². The predicted octanol–water partition coefficient (Wildman–Crippen LogP) is 4.03. The number of likely N-dealkylation sites (N-methyl/N-ethyl adjacent to an activating group) is 1. The zero-order valence-corrected chi connectivity index (χ0v) is 14.5. The summed E-state index contributed by atoms with van der Waals surface area (Å²) in [7, 11) is 2.24. The van der Waals surface area contributed by atoms with Gasteiger partial charge in [0, 0.05) is 23.1 Å². The van der Waals surface area contributed by atoms with Gasteiger partial charge >= 0.3 is 0 Å². The van der Waals surface area contributed by atoms with Gasteiger partial charge in [0.1, 0.15) is 0 Å². The number of halogens is 1. The first-order chi connectivity index (χ1) is 9.48. The van der Waals surface area contributed by atoms with Crippen LogP contribution >= 0.6 is 15.9 Å². The fraction of sp³-hybridized carbons (Fsp3) is 0.647. The minimum absolute atomic E-state index is 0.162. The lowest BCUT2D eigenvalue weighted by Gasteiger charge is -2.50. The zero-order chi connectivity index (χ0) is 14.8. The lowest BCUT2D eigenvalue weighted by atomic mass is 9.69. The summed E-state index contributed by atoms with van der Waals surface area (Å²) in [5.74, 6) is 1.50. The molecule has 3 heteroatoms. The molecule has 3 atom stereocenters. The number of hydrogen-bond acceptors (Lipinski definition) is 2. The van der Waals surface area contributed by atoms with Crippen LogP contribution in [0.5, 0.6) is 0 Å². The maximum absolute atomic E-state index is 6.21. The van der Waals surface area contributed by atoms with E-state index < -0.39 is 0 Å². The third kappa shape index (κ3) is 3.26. The lowest BCUT2D eigenvalue weighted by Crippen LogP contribution is -2.58. The van der Waals surface area contributed by atoms with Crippen molar-refractivity contribution in [1.29, 1.82) is 0 Å². The van der Waals surface area contributed by atoms with Crippen LogP contribution in [0.3, 0.4) is 0 Å². The molecular formula is C17H27BrN2. The highest BCUT2D eigenvalue weighted by atomic mass is 79.9. The van der Waals surface area contributed by atoms with Crippen LogP contribution in [0.15, 0.2) is 28.7 Å². The van der Waals surface area contributed by atoms with Gasteiger partial charge < -0.3 is 5.73 Å². The van der Waals surface area contributed by atoms with Crippen LogP contribution < -0.4 is 5.73 Å². The topological polar surface area (TPSA) is 29.3 Å². The molecule has 3 unspecified atom stereocenters. The molecule has 0 saturated heterocycles. The average molecular weight is 339 g/mol. The molecule has 0 aromatic heterocycles. The molecule has 20 heavy (non-hydrogen) atoms. The Morgan fingerprint density at radius 3 is 2.75 bits per heavy atom. The lowest BCUT2D eigenvalue weighted by molar-refractivity contribution is 0.0128. The number of nitrogens with two attached hydrogens (primary N) is 1. The van der Waals surface area contributed by atoms with E-state index in [2.05, 4.69) is 66.0 Å². The fourth-order valence-corrected chi connectivity index (χ4v) is 4.22. The summed E-state index contributed by atoms with van der Waals surface area (Å²) < 4.78 is 1.15. The molecule has 0 amide bonds. The van der Waals surface area contributed by atoms with Crippen molar-refractivity contribution >= 4 is 15.9 Å². The Labute approximate surface area is 131 Å². The Kier molecular flexibility index (Phi) is 5.27. The molecule has 1 saturated carbocycles. The quantitative estimate of drug-likeness (QED) is 0.897. The highest BCUT2D eigenvalue weighted by Crippen LogP contribution is 2.40. The second-order valence-corrected chi connectivity index (χ2v) is 7.49. The molecule has 2 rings (SSSR count). The molecule has 1 aromatic rings. The maximum Gasteiger partial charge on any atom is 0.0357 e. The van der Waals surface area contributed by atoms with Crippen molar-refractivity contribution in [3.63, 3.8) is 0 Å². The number of rotatable bonds is 4. The van der Waals surface area contributed by atoms with Crippen LogP contribution in [0.4, 0.5) is 0 Å². The summed E-state index contributed by atoms with van der Waals surface area (Å²) in [6.45, 7) is 6.46. The molecule has 0 aliphatic heterocycles. The molecule has 2 nitrogen and oxygen atoms in total. The molecule has 112 valence electrons. The molecule has 0 heterocycles. The largest absolute Gasteiger partial charge is 0.329 e. The third-order valence-electron chi connectivity index (χ3n) is 5.17. The van der Waals surface area contributed by atoms with Crippen LogP contribution in [0.25, 0.3) is 0 Å². The average Bonchev–Trinajstić information content (AvgIpc) is 2.39. The highest BCUT2D eigenvalue weighted by Gasteiger charge is 2.42. The van der Waals surface area contributed by atoms with Crippen LogP contribution in [0.2, 0.25) is 0 Å². The zero-order valence-electron chi connectivity index (χ0n) is 12.9. The van der Waals surface area contributed by atoms with Crippen molar-refractivity contribution in [2.45, 2.75) is 45.2 Å². The van der Waals surface area contributed by atoms with Crippen molar-refractivity contribution in [2.75, 3.05) is 13.6 Å². The molecule has 1 aromatic carbocycles. The van der Waals surface area contributed by atoms with Crippen molar-refractivity contribution < 1.29 is 0 Å². The summed E-state index contributed by atoms with van der Waals surface area (Å²) >= 11 is 3.56. The smallest absolute Gasteiger partial charge is 0.0357 e. The van der Waals surface area contributed by atoms with E-state index in [9.17, 15) is 0 Å². The minimum Gasteiger partial charge on any atom is -0.329 e. The first kappa shape index (κ1) is 16.0. The Morgan fingerprint density at radius 1 is 1.40 bits per heavy atom. The van der Waals surface area contributed by atoms with E-state index in [-0.39, 0.29) is 5.54 Å². The van der Waals surface area contributed by atoms with Crippen molar-refractivity contribution in [2.24, 2.45) is 17.6 Å². The van der Waals surface area contributed by atoms with Gasteiger partial charge in [-0.15, -0.1) is 0 Å². The Morgan fingerprint density at radius 2 is 2.15 bits per heavy atom. The van der Waals surface area contributed by atoms with Gasteiger partial charge in [-0.2, -0.15) is 0 Å². The fourth-order valence-electron chi connectivity index (χ4n) is 3.78. The third-order valence-corrected chi connectivity index (χ3v) is 5.66. The van der Waals surface area contributed by atoms with E-state index >= 15 is 0 Å². The SMILES string of the molecule is CC1CCC(CN)(N(C)Cc2cccc(Br)c2)C(C)C1. The maximum atomic E-state index is 6.21. The van der Waals surface area contributed by atoms with Crippen LogP contribution in [-0.2, 0) is 6.54 Å². The predicted molar refractivity (Wildman–Crippen MR) is 89.6 cm³/mol. The van der Waals surface area contributed by atoms with E-state index in [1.54, 1.807) is 0 Å². The number of hydrogen-bond donors (Lipinski definition) is 1. The first-order valence-corrected chi connectivity index (χ1v) is 8.43. The highest BCUT2D eigenvalue weighted by molar-refractivity contribution is 9.10. The summed E-state index contributed by atoms with van der Waals surface area (Å²) in [6, 6.07) is 8.58. The minimum atomic E-state index is 0.162. The van der Waals surface area contributed by atoms with Gasteiger partial charge in [-0.1, -0.05) is 41.9 Å². The Hall–Kier alpha value is -0.380. The first-order valence-electron chi connectivity index (χ1n) is 7.63. The van der Waals surface area contributed by atoms with Crippen LogP contribution in [0, 0.1) is 11.8 Å². The normalized spacial score (nSPS) is 30.7. The standard InChI is InChI=1S/C17H27BrN2/c1-13-7-8-17(12-19,14(2)9-13)20(3)11-15-5-4-6-16(18)10-15/h4-6,10,13-14H,7-9,11-12,19H2,1-3H3. The van der Waals surface area contributed by atoms with Gasteiger partial charge in [-0.25, -0.2) is 0 Å². The summed E-state index contributed by atoms with van der Waals surface area (Å²) in [5, 5.41) is 0. The van der Waals surface area contributed by atoms with Gasteiger partial charge in [-0.3, -0.25) is 4.90 Å². The van der Waals surface area contributed by atoms with Crippen molar-refractivity contribution in [1.82, 2.24) is 4.90 Å². The second-order valence-electron chi connectivity index (χ2n) is 6.57. The number of benzene rings is 1. The van der Waals surface area contributed by atoms with E-state index in [1.807, 2.05) is 0 Å². The summed E-state index contributed by atoms with van der Waals surface area (Å²) in [6.07, 6.45) is 3.81. The Bertz CT molecular complexity index is 448. The summed E-state index contributed by atoms with van der Waals surface area (Å²) in [5.41, 5.74) is 7.72. The Balaban J connectivity index is 2.14. The molecule has 1 aliphatic rings. The monoisotopic (exact) mass is 338 g/mol. The van der Waals surface area contributed by atoms with E-state index in [0.29, 0.717) is 5.92 Å². The number of nitrogens with zero attached hydrogens (tertiary/aromatic N) is 1. The van der Waals surface area contributed by atoms with Crippen molar-refractivity contribution in [3.8, 4) is 0 Å². The van der Waals surface area contributed by atoms with E-state index in [4.69, 9.17) is 5.73 Å². The molecule has 0 bridgehead atoms. The molecule has 0 radical (unpaired) electrons. The van der Waals surface area contributed by atoms with Crippen LogP contribution in [0.1, 0.15) is 38.7 Å². The van der Waals surface area contributed by atoms with Gasteiger partial charge in [-0.05, 0) is 55.8 Å². The van der Waals surface area contributed by atoms with Crippen LogP contribution in [-0.4, -0.2) is 24.0 Å². The van der Waals surface area contributed by atoms with Crippen molar-refractivity contribution in [3.05, 3.63) is 34.3 Å². The molecular weight excluding hydrogens is 312 g/mol.